The van der Waals surface area contributed by atoms with Gasteiger partial charge < -0.3 is 14.2 Å². The zero-order valence-electron chi connectivity index (χ0n) is 40.1. The Morgan fingerprint density at radius 1 is 0.345 bits per heavy atom. The Labute approximate surface area is 361 Å². The summed E-state index contributed by atoms with van der Waals surface area (Å²) in [5, 5.41) is 0. The van der Waals surface area contributed by atoms with Crippen molar-refractivity contribution in [2.24, 2.45) is 17.8 Å². The Morgan fingerprint density at radius 2 is 0.638 bits per heavy atom. The quantitative estimate of drug-likeness (QED) is 0.0346. The Hall–Kier alpha value is -1.59. The van der Waals surface area contributed by atoms with Crippen LogP contribution in [0.25, 0.3) is 0 Å². The Bertz CT molecular complexity index is 867. The van der Waals surface area contributed by atoms with Crippen LogP contribution in [0.15, 0.2) is 0 Å². The van der Waals surface area contributed by atoms with Gasteiger partial charge in [-0.1, -0.05) is 195 Å². The molecule has 6 heteroatoms. The van der Waals surface area contributed by atoms with E-state index in [-0.39, 0.29) is 17.9 Å². The average Bonchev–Trinajstić information content (AvgIpc) is 3.18. The molecule has 0 amide bonds. The molecule has 0 radical (unpaired) electrons. The van der Waals surface area contributed by atoms with Gasteiger partial charge in [-0.3, -0.25) is 14.4 Å². The minimum absolute atomic E-state index is 0.0400. The smallest absolute Gasteiger partial charge is 0.306 e. The van der Waals surface area contributed by atoms with Crippen LogP contribution < -0.4 is 0 Å². The maximum absolute atomic E-state index is 12.7. The molecule has 0 aromatic heterocycles. The van der Waals surface area contributed by atoms with Gasteiger partial charge in [0.05, 0.1) is 13.2 Å². The van der Waals surface area contributed by atoms with Gasteiger partial charge in [-0.25, -0.2) is 0 Å². The summed E-state index contributed by atoms with van der Waals surface area (Å²) in [6, 6.07) is 0. The molecule has 0 saturated carbocycles. The summed E-state index contributed by atoms with van der Waals surface area (Å²) in [5.74, 6) is 1.24. The molecule has 0 aromatic rings. The summed E-state index contributed by atoms with van der Waals surface area (Å²) in [6.45, 7) is 16.0. The molecule has 0 rings (SSSR count). The lowest BCUT2D eigenvalue weighted by Crippen LogP contribution is -2.24. The Morgan fingerprint density at radius 3 is 0.983 bits per heavy atom. The van der Waals surface area contributed by atoms with Gasteiger partial charge >= 0.3 is 17.9 Å². The van der Waals surface area contributed by atoms with Crippen molar-refractivity contribution in [1.82, 2.24) is 0 Å². The molecular weight excluding hydrogens is 721 g/mol. The van der Waals surface area contributed by atoms with Crippen LogP contribution in [0.5, 0.6) is 0 Å². The first-order valence-electron chi connectivity index (χ1n) is 25.6. The van der Waals surface area contributed by atoms with Gasteiger partial charge in [-0.15, -0.1) is 0 Å². The zero-order chi connectivity index (χ0) is 43.0. The van der Waals surface area contributed by atoms with E-state index in [4.69, 9.17) is 14.2 Å². The number of esters is 3. The van der Waals surface area contributed by atoms with E-state index in [0.29, 0.717) is 50.2 Å². The van der Waals surface area contributed by atoms with Crippen LogP contribution >= 0.6 is 0 Å². The van der Waals surface area contributed by atoms with Crippen molar-refractivity contribution in [1.29, 1.82) is 0 Å². The van der Waals surface area contributed by atoms with Gasteiger partial charge in [0.1, 0.15) is 5.60 Å². The van der Waals surface area contributed by atoms with E-state index in [1.165, 1.54) is 154 Å². The van der Waals surface area contributed by atoms with Crippen LogP contribution in [0, 0.1) is 17.8 Å². The fourth-order valence-electron chi connectivity index (χ4n) is 8.24. The molecule has 0 aliphatic rings. The monoisotopic (exact) mass is 821 g/mol. The normalized spacial score (nSPS) is 13.3. The molecule has 344 valence electrons. The van der Waals surface area contributed by atoms with Crippen LogP contribution in [-0.2, 0) is 28.6 Å². The number of carbonyl (C=O) groups is 3. The molecule has 0 spiro atoms. The second-order valence-corrected chi connectivity index (χ2v) is 19.1. The standard InChI is InChI=1S/C52H100O6/c1-8-12-16-20-22-28-38-47(36-26-18-14-10-3)44-56-49(53)40-32-24-30-34-46(42-43-51(55)58-52(5,6)7)35-31-25-33-41-50(54)57-45-48(37-27-19-15-11-4)39-29-23-21-17-13-9-2/h46-48H,8-45H2,1-7H3. The molecule has 0 aromatic carbocycles. The number of carbonyl (C=O) groups excluding carboxylic acids is 3. The molecule has 0 saturated heterocycles. The molecule has 0 fully saturated rings. The van der Waals surface area contributed by atoms with Crippen molar-refractivity contribution in [2.45, 2.75) is 285 Å². The van der Waals surface area contributed by atoms with Crippen LogP contribution in [-0.4, -0.2) is 36.7 Å². The van der Waals surface area contributed by atoms with Crippen LogP contribution in [0.4, 0.5) is 0 Å². The number of ether oxygens (including phenoxy) is 3. The summed E-state index contributed by atoms with van der Waals surface area (Å²) in [4.78, 5) is 38.0. The predicted molar refractivity (Wildman–Crippen MR) is 247 cm³/mol. The van der Waals surface area contributed by atoms with E-state index in [2.05, 4.69) is 27.7 Å². The van der Waals surface area contributed by atoms with Crippen molar-refractivity contribution in [3.63, 3.8) is 0 Å². The first-order valence-corrected chi connectivity index (χ1v) is 25.6. The highest BCUT2D eigenvalue weighted by Gasteiger charge is 2.19. The SMILES string of the molecule is CCCCCCCCC(CCCCCC)COC(=O)CCCCCC(CCCCCC(=O)OCC(CCCCCC)CCCCCCCC)CCC(=O)OC(C)(C)C. The maximum Gasteiger partial charge on any atom is 0.306 e. The van der Waals surface area contributed by atoms with Crippen molar-refractivity contribution in [3.05, 3.63) is 0 Å². The third-order valence-electron chi connectivity index (χ3n) is 12.0. The van der Waals surface area contributed by atoms with Gasteiger partial charge in [0.15, 0.2) is 0 Å². The van der Waals surface area contributed by atoms with E-state index < -0.39 is 5.60 Å². The Balaban J connectivity index is 4.70. The summed E-state index contributed by atoms with van der Waals surface area (Å²) in [5.41, 5.74) is -0.470. The highest BCUT2D eigenvalue weighted by molar-refractivity contribution is 5.70. The third kappa shape index (κ3) is 39.8. The van der Waals surface area contributed by atoms with Crippen LogP contribution in [0.3, 0.4) is 0 Å². The van der Waals surface area contributed by atoms with E-state index in [1.807, 2.05) is 20.8 Å². The number of hydrogen-bond donors (Lipinski definition) is 0. The van der Waals surface area contributed by atoms with Gasteiger partial charge in [-0.2, -0.15) is 0 Å². The topological polar surface area (TPSA) is 78.9 Å². The van der Waals surface area contributed by atoms with Gasteiger partial charge in [0, 0.05) is 19.3 Å². The number of hydrogen-bond acceptors (Lipinski definition) is 6. The first kappa shape index (κ1) is 56.4. The summed E-state index contributed by atoms with van der Waals surface area (Å²) >= 11 is 0. The summed E-state index contributed by atoms with van der Waals surface area (Å²) < 4.78 is 17.3. The molecule has 58 heavy (non-hydrogen) atoms. The molecule has 6 nitrogen and oxygen atoms in total. The molecule has 0 aliphatic heterocycles. The largest absolute Gasteiger partial charge is 0.465 e. The van der Waals surface area contributed by atoms with Crippen molar-refractivity contribution in [3.8, 4) is 0 Å². The lowest BCUT2D eigenvalue weighted by Gasteiger charge is -2.21. The Kier molecular flexibility index (Phi) is 39.7. The van der Waals surface area contributed by atoms with E-state index in [1.54, 1.807) is 0 Å². The van der Waals surface area contributed by atoms with Gasteiger partial charge in [0.2, 0.25) is 0 Å². The number of rotatable bonds is 43. The lowest BCUT2D eigenvalue weighted by atomic mass is 9.90. The maximum atomic E-state index is 12.7. The molecule has 0 bridgehead atoms. The minimum Gasteiger partial charge on any atom is -0.465 e. The fraction of sp³-hybridized carbons (Fsp3) is 0.942. The van der Waals surface area contributed by atoms with E-state index >= 15 is 0 Å². The summed E-state index contributed by atoms with van der Waals surface area (Å²) in [6.07, 6.45) is 40.7. The third-order valence-corrected chi connectivity index (χ3v) is 12.0. The van der Waals surface area contributed by atoms with E-state index in [9.17, 15) is 14.4 Å². The van der Waals surface area contributed by atoms with Gasteiger partial charge in [-0.05, 0) is 83.5 Å². The van der Waals surface area contributed by atoms with Crippen molar-refractivity contribution >= 4 is 17.9 Å². The van der Waals surface area contributed by atoms with Crippen LogP contribution in [0.2, 0.25) is 0 Å². The molecule has 2 atom stereocenters. The molecule has 0 aliphatic carbocycles. The average molecular weight is 821 g/mol. The first-order chi connectivity index (χ1) is 28.0. The van der Waals surface area contributed by atoms with Crippen molar-refractivity contribution in [2.75, 3.05) is 13.2 Å². The summed E-state index contributed by atoms with van der Waals surface area (Å²) in [7, 11) is 0. The molecular formula is C52H100O6. The fourth-order valence-corrected chi connectivity index (χ4v) is 8.24. The highest BCUT2D eigenvalue weighted by Crippen LogP contribution is 2.25. The lowest BCUT2D eigenvalue weighted by molar-refractivity contribution is -0.155. The molecule has 0 N–H and O–H groups in total. The molecule has 0 heterocycles. The number of unbranched alkanes of at least 4 members (excludes halogenated alkanes) is 20. The highest BCUT2D eigenvalue weighted by atomic mass is 16.6. The predicted octanol–water partition coefficient (Wildman–Crippen LogP) is 16.4. The van der Waals surface area contributed by atoms with Gasteiger partial charge in [0.25, 0.3) is 0 Å². The second kappa shape index (κ2) is 40.8. The van der Waals surface area contributed by atoms with E-state index in [0.717, 1.165) is 57.8 Å². The zero-order valence-corrected chi connectivity index (χ0v) is 40.1. The molecule has 2 unspecified atom stereocenters. The second-order valence-electron chi connectivity index (χ2n) is 19.1. The van der Waals surface area contributed by atoms with Crippen LogP contribution in [0.1, 0.15) is 280 Å². The van der Waals surface area contributed by atoms with Crippen molar-refractivity contribution < 1.29 is 28.6 Å². The minimum atomic E-state index is -0.470.